The van der Waals surface area contributed by atoms with E-state index in [-0.39, 0.29) is 24.4 Å². The van der Waals surface area contributed by atoms with Crippen molar-refractivity contribution < 1.29 is 14.0 Å². The summed E-state index contributed by atoms with van der Waals surface area (Å²) in [6.45, 7) is 3.56. The molecule has 0 saturated carbocycles. The number of nitrogens with zero attached hydrogens (tertiary/aromatic N) is 2. The summed E-state index contributed by atoms with van der Waals surface area (Å²) in [5, 5.41) is 3.31. The summed E-state index contributed by atoms with van der Waals surface area (Å²) < 4.78 is 14.6. The maximum Gasteiger partial charge on any atom is 0.254 e. The molecule has 2 saturated heterocycles. The first-order valence-corrected chi connectivity index (χ1v) is 11.7. The van der Waals surface area contributed by atoms with E-state index in [1.54, 1.807) is 21.9 Å². The summed E-state index contributed by atoms with van der Waals surface area (Å²) in [5.74, 6) is -0.162. The van der Waals surface area contributed by atoms with Crippen LogP contribution in [-0.4, -0.2) is 66.0 Å². The van der Waals surface area contributed by atoms with Gasteiger partial charge in [-0.2, -0.15) is 0 Å². The molecule has 0 spiro atoms. The quantitative estimate of drug-likeness (QED) is 0.632. The first-order chi connectivity index (χ1) is 16.5. The van der Waals surface area contributed by atoms with Gasteiger partial charge >= 0.3 is 0 Å². The van der Waals surface area contributed by atoms with Crippen molar-refractivity contribution in [2.45, 2.75) is 25.2 Å². The van der Waals surface area contributed by atoms with Crippen LogP contribution >= 0.6 is 0 Å². The van der Waals surface area contributed by atoms with E-state index in [1.165, 1.54) is 5.56 Å². The number of nitrogens with one attached hydrogen (secondary N) is 1. The van der Waals surface area contributed by atoms with E-state index >= 15 is 0 Å². The van der Waals surface area contributed by atoms with Gasteiger partial charge in [0.2, 0.25) is 0 Å². The van der Waals surface area contributed by atoms with Gasteiger partial charge in [-0.25, -0.2) is 4.39 Å². The summed E-state index contributed by atoms with van der Waals surface area (Å²) >= 11 is 0. The highest BCUT2D eigenvalue weighted by molar-refractivity contribution is 5.95. The molecule has 6 heteroatoms. The summed E-state index contributed by atoms with van der Waals surface area (Å²) in [7, 11) is 0. The fraction of sp³-hybridized carbons (Fsp3) is 0.286. The number of hydrogen-bond acceptors (Lipinski definition) is 3. The number of likely N-dealkylation sites (tertiary alicyclic amines) is 2. The molecule has 34 heavy (non-hydrogen) atoms. The fourth-order valence-corrected chi connectivity index (χ4v) is 4.72. The van der Waals surface area contributed by atoms with Crippen molar-refractivity contribution in [3.63, 3.8) is 0 Å². The molecule has 0 radical (unpaired) electrons. The van der Waals surface area contributed by atoms with Crippen molar-refractivity contribution in [3.05, 3.63) is 95.6 Å². The molecule has 5 nitrogen and oxygen atoms in total. The van der Waals surface area contributed by atoms with Crippen molar-refractivity contribution in [2.24, 2.45) is 0 Å². The number of hydrogen-bond donors (Lipinski definition) is 1. The van der Waals surface area contributed by atoms with E-state index < -0.39 is 12.2 Å². The van der Waals surface area contributed by atoms with Crippen LogP contribution in [0.2, 0.25) is 0 Å². The number of carbonyl (C=O) groups excluding carboxylic acids is 2. The Morgan fingerprint density at radius 1 is 0.765 bits per heavy atom. The molecule has 2 amide bonds. The Kier molecular flexibility index (Phi) is 6.16. The summed E-state index contributed by atoms with van der Waals surface area (Å²) in [4.78, 5) is 28.8. The summed E-state index contributed by atoms with van der Waals surface area (Å²) in [6, 6.07) is 24.5. The van der Waals surface area contributed by atoms with E-state index in [0.29, 0.717) is 30.8 Å². The number of benzene rings is 3. The third-order valence-corrected chi connectivity index (χ3v) is 6.66. The maximum absolute atomic E-state index is 14.6. The van der Waals surface area contributed by atoms with Gasteiger partial charge in [0.25, 0.3) is 11.8 Å². The molecule has 2 aliphatic rings. The van der Waals surface area contributed by atoms with Crippen LogP contribution in [0, 0.1) is 6.92 Å². The lowest BCUT2D eigenvalue weighted by molar-refractivity contribution is 0.0542. The zero-order chi connectivity index (χ0) is 23.7. The van der Waals surface area contributed by atoms with Crippen LogP contribution in [0.15, 0.2) is 78.9 Å². The largest absolute Gasteiger partial charge is 0.335 e. The predicted molar refractivity (Wildman–Crippen MR) is 130 cm³/mol. The Balaban J connectivity index is 1.13. The molecule has 0 aromatic heterocycles. The molecule has 1 N–H and O–H groups in total. The summed E-state index contributed by atoms with van der Waals surface area (Å²) in [6.07, 6.45) is -1.12. The van der Waals surface area contributed by atoms with E-state index in [4.69, 9.17) is 0 Å². The molecular formula is C28H28FN3O2. The zero-order valence-corrected chi connectivity index (χ0v) is 19.2. The van der Waals surface area contributed by atoms with Crippen LogP contribution in [0.25, 0.3) is 11.1 Å². The zero-order valence-electron chi connectivity index (χ0n) is 19.2. The van der Waals surface area contributed by atoms with Crippen molar-refractivity contribution in [1.29, 1.82) is 0 Å². The first-order valence-electron chi connectivity index (χ1n) is 11.7. The van der Waals surface area contributed by atoms with Crippen LogP contribution in [0.3, 0.4) is 0 Å². The molecule has 0 aliphatic carbocycles. The second kappa shape index (κ2) is 9.39. The third-order valence-electron chi connectivity index (χ3n) is 6.66. The maximum atomic E-state index is 14.6. The standard InChI is InChI=1S/C28H28FN3O2/c1-19-6-5-9-23(14-19)20-10-12-22(13-11-20)28(34)31-15-24(16-31)30-26-18-32(17-25(26)29)27(33)21-7-3-2-4-8-21/h2-14,24-26,30H,15-18H2,1H3/t25?,26-/m1/s1. The molecule has 2 fully saturated rings. The van der Waals surface area contributed by atoms with Gasteiger partial charge in [-0.05, 0) is 42.3 Å². The number of halogens is 1. The van der Waals surface area contributed by atoms with E-state index in [1.807, 2.05) is 48.5 Å². The van der Waals surface area contributed by atoms with Crippen molar-refractivity contribution >= 4 is 11.8 Å². The van der Waals surface area contributed by atoms with Gasteiger partial charge in [-0.15, -0.1) is 0 Å². The van der Waals surface area contributed by atoms with E-state index in [2.05, 4.69) is 30.4 Å². The Hall–Kier alpha value is -3.51. The van der Waals surface area contributed by atoms with Gasteiger partial charge in [0.05, 0.1) is 12.6 Å². The lowest BCUT2D eigenvalue weighted by atomic mass is 10.0. The topological polar surface area (TPSA) is 52.7 Å². The Labute approximate surface area is 199 Å². The third kappa shape index (κ3) is 4.59. The SMILES string of the molecule is Cc1cccc(-c2ccc(C(=O)N3CC(N[C@@H]4CN(C(=O)c5ccccc5)CC4F)C3)cc2)c1. The molecule has 5 rings (SSSR count). The molecule has 2 heterocycles. The minimum atomic E-state index is -1.12. The van der Waals surface area contributed by atoms with Crippen LogP contribution < -0.4 is 5.32 Å². The average molecular weight is 458 g/mol. The predicted octanol–water partition coefficient (Wildman–Crippen LogP) is 3.94. The van der Waals surface area contributed by atoms with Crippen molar-refractivity contribution in [3.8, 4) is 11.1 Å². The minimum absolute atomic E-state index is 0.0158. The van der Waals surface area contributed by atoms with Gasteiger partial charge in [0.15, 0.2) is 0 Å². The highest BCUT2D eigenvalue weighted by atomic mass is 19.1. The van der Waals surface area contributed by atoms with Crippen LogP contribution in [0.4, 0.5) is 4.39 Å². The van der Waals surface area contributed by atoms with Gasteiger partial charge in [-0.3, -0.25) is 9.59 Å². The molecule has 174 valence electrons. The molecule has 1 unspecified atom stereocenters. The number of aryl methyl sites for hydroxylation is 1. The van der Waals surface area contributed by atoms with E-state index in [0.717, 1.165) is 11.1 Å². The molecule has 3 aromatic rings. The molecule has 2 aliphatic heterocycles. The number of amides is 2. The number of carbonyl (C=O) groups is 2. The molecular weight excluding hydrogens is 429 g/mol. The lowest BCUT2D eigenvalue weighted by Gasteiger charge is -2.41. The summed E-state index contributed by atoms with van der Waals surface area (Å²) in [5.41, 5.74) is 4.63. The van der Waals surface area contributed by atoms with Gasteiger partial charge in [0.1, 0.15) is 6.17 Å². The second-order valence-corrected chi connectivity index (χ2v) is 9.22. The Morgan fingerprint density at radius 3 is 2.09 bits per heavy atom. The lowest BCUT2D eigenvalue weighted by Crippen LogP contribution is -2.63. The van der Waals surface area contributed by atoms with Crippen molar-refractivity contribution in [2.75, 3.05) is 26.2 Å². The average Bonchev–Trinajstić information content (AvgIpc) is 3.21. The molecule has 2 atom stereocenters. The Morgan fingerprint density at radius 2 is 1.41 bits per heavy atom. The van der Waals surface area contributed by atoms with E-state index in [9.17, 15) is 14.0 Å². The van der Waals surface area contributed by atoms with Crippen LogP contribution in [0.1, 0.15) is 26.3 Å². The molecule has 3 aromatic carbocycles. The highest BCUT2D eigenvalue weighted by Gasteiger charge is 2.40. The van der Waals surface area contributed by atoms with Gasteiger partial charge in [0, 0.05) is 36.8 Å². The van der Waals surface area contributed by atoms with Crippen LogP contribution in [-0.2, 0) is 0 Å². The van der Waals surface area contributed by atoms with Crippen molar-refractivity contribution in [1.82, 2.24) is 15.1 Å². The minimum Gasteiger partial charge on any atom is -0.335 e. The highest BCUT2D eigenvalue weighted by Crippen LogP contribution is 2.23. The number of alkyl halides is 1. The van der Waals surface area contributed by atoms with Crippen LogP contribution in [0.5, 0.6) is 0 Å². The first kappa shape index (κ1) is 22.3. The molecule has 0 bridgehead atoms. The number of rotatable bonds is 5. The van der Waals surface area contributed by atoms with Gasteiger partial charge < -0.3 is 15.1 Å². The Bertz CT molecular complexity index is 1180. The monoisotopic (exact) mass is 457 g/mol. The second-order valence-electron chi connectivity index (χ2n) is 9.22. The van der Waals surface area contributed by atoms with Gasteiger partial charge in [-0.1, -0.05) is 60.2 Å². The fourth-order valence-electron chi connectivity index (χ4n) is 4.72. The smallest absolute Gasteiger partial charge is 0.254 e. The normalized spacial score (nSPS) is 20.3.